The number of ether oxygens (including phenoxy) is 1. The van der Waals surface area contributed by atoms with Gasteiger partial charge in [-0.1, -0.05) is 30.3 Å². The van der Waals surface area contributed by atoms with E-state index >= 15 is 0 Å². The third kappa shape index (κ3) is 2.77. The molecule has 4 nitrogen and oxygen atoms in total. The van der Waals surface area contributed by atoms with E-state index in [1.165, 1.54) is 4.90 Å². The van der Waals surface area contributed by atoms with Crippen LogP contribution >= 0.6 is 11.6 Å². The van der Waals surface area contributed by atoms with E-state index in [1.807, 2.05) is 30.3 Å². The third-order valence-electron chi connectivity index (χ3n) is 2.72. The highest BCUT2D eigenvalue weighted by Crippen LogP contribution is 2.21. The van der Waals surface area contributed by atoms with Crippen molar-refractivity contribution in [1.29, 1.82) is 0 Å². The second-order valence-electron chi connectivity index (χ2n) is 3.84. The maximum absolute atomic E-state index is 11.6. The molecule has 1 fully saturated rings. The molecule has 0 N–H and O–H groups in total. The first-order valence-corrected chi connectivity index (χ1v) is 5.73. The summed E-state index contributed by atoms with van der Waals surface area (Å²) in [4.78, 5) is 23.9. The van der Waals surface area contributed by atoms with E-state index in [0.29, 0.717) is 13.0 Å². The lowest BCUT2D eigenvalue weighted by molar-refractivity contribution is -0.119. The van der Waals surface area contributed by atoms with Crippen molar-refractivity contribution in [3.63, 3.8) is 0 Å². The number of benzene rings is 1. The van der Waals surface area contributed by atoms with E-state index in [-0.39, 0.29) is 6.61 Å². The topological polar surface area (TPSA) is 46.6 Å². The van der Waals surface area contributed by atoms with Gasteiger partial charge in [-0.25, -0.2) is 4.79 Å². The fraction of sp³-hybridized carbons (Fsp3) is 0.333. The summed E-state index contributed by atoms with van der Waals surface area (Å²) in [5, 5.41) is -0.507. The number of carbonyl (C=O) groups is 2. The molecule has 0 bridgehead atoms. The highest BCUT2D eigenvalue weighted by Gasteiger charge is 2.37. The molecule has 0 aliphatic carbocycles. The number of halogens is 1. The molecule has 1 aliphatic rings. The minimum atomic E-state index is -0.514. The Morgan fingerprint density at radius 1 is 1.35 bits per heavy atom. The Bertz CT molecular complexity index is 421. The summed E-state index contributed by atoms with van der Waals surface area (Å²) in [6, 6.07) is 8.86. The number of amides is 1. The van der Waals surface area contributed by atoms with E-state index in [4.69, 9.17) is 16.3 Å². The van der Waals surface area contributed by atoms with Gasteiger partial charge >= 0.3 is 6.09 Å². The molecule has 1 aliphatic heterocycles. The number of hydrogen-bond donors (Lipinski definition) is 0. The SMILES string of the molecule is O=C(Cl)[C@@H]1CCN1C(=O)OCc1ccccc1. The van der Waals surface area contributed by atoms with Crippen molar-refractivity contribution in [2.45, 2.75) is 19.1 Å². The minimum absolute atomic E-state index is 0.208. The molecule has 5 heteroatoms. The molecule has 1 amide bonds. The van der Waals surface area contributed by atoms with Crippen LogP contribution in [-0.4, -0.2) is 28.8 Å². The standard InChI is InChI=1S/C12H12ClNO3/c13-11(15)10-6-7-14(10)12(16)17-8-9-4-2-1-3-5-9/h1-5,10H,6-8H2/t10-/m0/s1. The van der Waals surface area contributed by atoms with Crippen LogP contribution in [0.4, 0.5) is 4.79 Å². The molecule has 1 aromatic carbocycles. The summed E-state index contributed by atoms with van der Waals surface area (Å²) in [5.41, 5.74) is 0.912. The molecule has 0 aromatic heterocycles. The number of carbonyl (C=O) groups excluding carboxylic acids is 2. The first kappa shape index (κ1) is 11.9. The van der Waals surface area contributed by atoms with Gasteiger partial charge in [0.1, 0.15) is 12.6 Å². The Balaban J connectivity index is 1.84. The van der Waals surface area contributed by atoms with Gasteiger partial charge in [0.2, 0.25) is 5.24 Å². The van der Waals surface area contributed by atoms with Crippen LogP contribution in [0.15, 0.2) is 30.3 Å². The average molecular weight is 254 g/mol. The quantitative estimate of drug-likeness (QED) is 0.776. The van der Waals surface area contributed by atoms with Crippen LogP contribution in [0, 0.1) is 0 Å². The molecule has 17 heavy (non-hydrogen) atoms. The Morgan fingerprint density at radius 2 is 2.06 bits per heavy atom. The minimum Gasteiger partial charge on any atom is -0.445 e. The smallest absolute Gasteiger partial charge is 0.410 e. The van der Waals surface area contributed by atoms with E-state index in [9.17, 15) is 9.59 Å². The molecule has 1 heterocycles. The molecule has 1 aromatic rings. The van der Waals surface area contributed by atoms with Crippen LogP contribution in [0.3, 0.4) is 0 Å². The number of rotatable bonds is 3. The summed E-state index contributed by atoms with van der Waals surface area (Å²) >= 11 is 5.35. The van der Waals surface area contributed by atoms with Crippen molar-refractivity contribution in [2.24, 2.45) is 0 Å². The van der Waals surface area contributed by atoms with Crippen LogP contribution in [0.1, 0.15) is 12.0 Å². The van der Waals surface area contributed by atoms with Crippen molar-refractivity contribution in [2.75, 3.05) is 6.54 Å². The molecular weight excluding hydrogens is 242 g/mol. The average Bonchev–Trinajstić information content (AvgIpc) is 2.25. The number of nitrogens with zero attached hydrogens (tertiary/aromatic N) is 1. The zero-order valence-corrected chi connectivity index (χ0v) is 9.89. The van der Waals surface area contributed by atoms with Gasteiger partial charge in [-0.3, -0.25) is 9.69 Å². The van der Waals surface area contributed by atoms with Crippen LogP contribution in [-0.2, 0) is 16.1 Å². The summed E-state index contributed by atoms with van der Waals surface area (Å²) in [7, 11) is 0. The van der Waals surface area contributed by atoms with Crippen LogP contribution in [0.25, 0.3) is 0 Å². The largest absolute Gasteiger partial charge is 0.445 e. The van der Waals surface area contributed by atoms with Gasteiger partial charge < -0.3 is 4.74 Å². The van der Waals surface area contributed by atoms with Gasteiger partial charge in [0.25, 0.3) is 0 Å². The summed E-state index contributed by atoms with van der Waals surface area (Å²) in [6.07, 6.45) is 0.127. The second-order valence-corrected chi connectivity index (χ2v) is 4.21. The van der Waals surface area contributed by atoms with Crippen molar-refractivity contribution in [1.82, 2.24) is 4.90 Å². The number of hydrogen-bond acceptors (Lipinski definition) is 3. The lowest BCUT2D eigenvalue weighted by Crippen LogP contribution is -2.54. The zero-order valence-electron chi connectivity index (χ0n) is 9.14. The predicted molar refractivity (Wildman–Crippen MR) is 62.6 cm³/mol. The normalized spacial score (nSPS) is 18.4. The predicted octanol–water partition coefficient (Wildman–Crippen LogP) is 2.16. The molecule has 0 radical (unpaired) electrons. The van der Waals surface area contributed by atoms with Crippen molar-refractivity contribution in [3.8, 4) is 0 Å². The van der Waals surface area contributed by atoms with Crippen molar-refractivity contribution >= 4 is 22.9 Å². The highest BCUT2D eigenvalue weighted by atomic mass is 35.5. The van der Waals surface area contributed by atoms with E-state index in [1.54, 1.807) is 0 Å². The molecule has 0 spiro atoms. The van der Waals surface area contributed by atoms with E-state index in [0.717, 1.165) is 5.56 Å². The zero-order chi connectivity index (χ0) is 12.3. The van der Waals surface area contributed by atoms with Crippen molar-refractivity contribution in [3.05, 3.63) is 35.9 Å². The fourth-order valence-corrected chi connectivity index (χ4v) is 1.87. The molecule has 90 valence electrons. The Kier molecular flexibility index (Phi) is 3.64. The molecular formula is C12H12ClNO3. The van der Waals surface area contributed by atoms with Crippen LogP contribution in [0.5, 0.6) is 0 Å². The molecule has 0 saturated carbocycles. The lowest BCUT2D eigenvalue weighted by Gasteiger charge is -2.37. The second kappa shape index (κ2) is 5.19. The van der Waals surface area contributed by atoms with Crippen LogP contribution < -0.4 is 0 Å². The van der Waals surface area contributed by atoms with E-state index < -0.39 is 17.4 Å². The number of likely N-dealkylation sites (tertiary alicyclic amines) is 1. The van der Waals surface area contributed by atoms with Gasteiger partial charge in [-0.2, -0.15) is 0 Å². The van der Waals surface area contributed by atoms with Crippen molar-refractivity contribution < 1.29 is 14.3 Å². The Labute approximate surface area is 104 Å². The van der Waals surface area contributed by atoms with Gasteiger partial charge in [-0.05, 0) is 23.6 Å². The summed E-state index contributed by atoms with van der Waals surface area (Å²) in [6.45, 7) is 0.732. The Morgan fingerprint density at radius 3 is 2.59 bits per heavy atom. The van der Waals surface area contributed by atoms with Gasteiger partial charge in [-0.15, -0.1) is 0 Å². The summed E-state index contributed by atoms with van der Waals surface area (Å²) < 4.78 is 5.09. The first-order valence-electron chi connectivity index (χ1n) is 5.35. The fourth-order valence-electron chi connectivity index (χ4n) is 1.64. The van der Waals surface area contributed by atoms with Gasteiger partial charge in [0.05, 0.1) is 0 Å². The third-order valence-corrected chi connectivity index (χ3v) is 2.97. The lowest BCUT2D eigenvalue weighted by atomic mass is 10.1. The van der Waals surface area contributed by atoms with E-state index in [2.05, 4.69) is 0 Å². The first-order chi connectivity index (χ1) is 8.18. The monoisotopic (exact) mass is 253 g/mol. The maximum Gasteiger partial charge on any atom is 0.410 e. The highest BCUT2D eigenvalue weighted by molar-refractivity contribution is 6.65. The molecule has 1 saturated heterocycles. The molecule has 1 atom stereocenters. The maximum atomic E-state index is 11.6. The Hall–Kier alpha value is -1.55. The molecule has 2 rings (SSSR count). The van der Waals surface area contributed by atoms with Gasteiger partial charge in [0, 0.05) is 6.54 Å². The molecule has 0 unspecified atom stereocenters. The summed E-state index contributed by atoms with van der Waals surface area (Å²) in [5.74, 6) is 0. The van der Waals surface area contributed by atoms with Crippen LogP contribution in [0.2, 0.25) is 0 Å². The van der Waals surface area contributed by atoms with Gasteiger partial charge in [0.15, 0.2) is 0 Å².